The average Bonchev–Trinajstić information content (AvgIpc) is 2.03. The van der Waals surface area contributed by atoms with Crippen molar-refractivity contribution in [3.05, 3.63) is 24.3 Å². The van der Waals surface area contributed by atoms with Gasteiger partial charge in [0.25, 0.3) is 0 Å². The molecule has 2 heteroatoms. The third kappa shape index (κ3) is 2.99. The predicted octanol–water partition coefficient (Wildman–Crippen LogP) is 0.980. The number of ether oxygens (including phenoxy) is 1. The van der Waals surface area contributed by atoms with E-state index in [-0.39, 0.29) is 0 Å². The van der Waals surface area contributed by atoms with Crippen LogP contribution < -0.4 is 10.2 Å². The maximum atomic E-state index is 5.52. The zero-order chi connectivity index (χ0) is 8.97. The molecule has 0 amide bonds. The van der Waals surface area contributed by atoms with Crippen molar-refractivity contribution in [3.8, 4) is 5.75 Å². The number of benzene rings is 1. The van der Waals surface area contributed by atoms with E-state index in [4.69, 9.17) is 4.74 Å². The molecule has 1 aromatic rings. The van der Waals surface area contributed by atoms with E-state index in [0.717, 1.165) is 12.4 Å². The van der Waals surface area contributed by atoms with Gasteiger partial charge >= 0.3 is 0 Å². The van der Waals surface area contributed by atoms with E-state index in [0.29, 0.717) is 5.92 Å². The fourth-order valence-corrected chi connectivity index (χ4v) is 0.897. The lowest BCUT2D eigenvalue weighted by atomic mass is 9.97. The Hall–Kier alpha value is -0.915. The van der Waals surface area contributed by atoms with Gasteiger partial charge in [-0.1, -0.05) is 31.4 Å². The Morgan fingerprint density at radius 3 is 2.33 bits per heavy atom. The second-order valence-electron chi connectivity index (χ2n) is 3.52. The molecule has 64 valence electrons. The maximum Gasteiger partial charge on any atom is 0.139 e. The van der Waals surface area contributed by atoms with Crippen LogP contribution in [0.4, 0.5) is 0 Å². The van der Waals surface area contributed by atoms with E-state index in [2.05, 4.69) is 33.8 Å². The standard InChI is InChI=1S/C10H15BO/c1-8(2)7-12-10-5-3-9(11)4-6-10/h3-6,8H,7,11H2,1-2H3. The molecule has 0 saturated carbocycles. The minimum atomic E-state index is 0.589. The van der Waals surface area contributed by atoms with Crippen LogP contribution in [0.2, 0.25) is 0 Å². The summed E-state index contributed by atoms with van der Waals surface area (Å²) in [6.45, 7) is 5.09. The highest BCUT2D eigenvalue weighted by molar-refractivity contribution is 6.32. The summed E-state index contributed by atoms with van der Waals surface area (Å²) in [5.41, 5.74) is 1.27. The van der Waals surface area contributed by atoms with Gasteiger partial charge in [0.05, 0.1) is 6.61 Å². The lowest BCUT2D eigenvalue weighted by molar-refractivity contribution is 0.271. The van der Waals surface area contributed by atoms with E-state index < -0.39 is 0 Å². The van der Waals surface area contributed by atoms with Crippen LogP contribution in [0.15, 0.2) is 24.3 Å². The molecule has 0 fully saturated rings. The Bertz CT molecular complexity index is 228. The minimum Gasteiger partial charge on any atom is -0.493 e. The van der Waals surface area contributed by atoms with Gasteiger partial charge < -0.3 is 4.74 Å². The van der Waals surface area contributed by atoms with E-state index in [9.17, 15) is 0 Å². The van der Waals surface area contributed by atoms with Gasteiger partial charge in [-0.05, 0) is 18.1 Å². The highest BCUT2D eigenvalue weighted by Crippen LogP contribution is 2.08. The van der Waals surface area contributed by atoms with Crippen LogP contribution in [-0.2, 0) is 0 Å². The van der Waals surface area contributed by atoms with Crippen LogP contribution in [-0.4, -0.2) is 14.5 Å². The van der Waals surface area contributed by atoms with Crippen LogP contribution in [0.25, 0.3) is 0 Å². The summed E-state index contributed by atoms with van der Waals surface area (Å²) in [6.07, 6.45) is 0. The third-order valence-electron chi connectivity index (χ3n) is 1.60. The lowest BCUT2D eigenvalue weighted by Crippen LogP contribution is -2.06. The summed E-state index contributed by atoms with van der Waals surface area (Å²) >= 11 is 0. The van der Waals surface area contributed by atoms with Crippen molar-refractivity contribution >= 4 is 13.3 Å². The van der Waals surface area contributed by atoms with Crippen LogP contribution in [0, 0.1) is 5.92 Å². The molecule has 12 heavy (non-hydrogen) atoms. The first kappa shape index (κ1) is 9.18. The molecular formula is C10H15BO. The molecule has 0 spiro atoms. The van der Waals surface area contributed by atoms with Gasteiger partial charge in [-0.3, -0.25) is 0 Å². The van der Waals surface area contributed by atoms with Crippen LogP contribution in [0.1, 0.15) is 13.8 Å². The Morgan fingerprint density at radius 1 is 1.25 bits per heavy atom. The van der Waals surface area contributed by atoms with E-state index in [1.54, 1.807) is 0 Å². The normalized spacial score (nSPS) is 10.2. The number of hydrogen-bond donors (Lipinski definition) is 0. The van der Waals surface area contributed by atoms with Crippen LogP contribution in [0.3, 0.4) is 0 Å². The summed E-state index contributed by atoms with van der Waals surface area (Å²) in [7, 11) is 2.08. The fourth-order valence-electron chi connectivity index (χ4n) is 0.897. The van der Waals surface area contributed by atoms with Crippen molar-refractivity contribution in [2.24, 2.45) is 5.92 Å². The number of rotatable bonds is 3. The fraction of sp³-hybridized carbons (Fsp3) is 0.400. The van der Waals surface area contributed by atoms with Crippen molar-refractivity contribution < 1.29 is 4.74 Å². The van der Waals surface area contributed by atoms with Crippen molar-refractivity contribution in [1.29, 1.82) is 0 Å². The van der Waals surface area contributed by atoms with Gasteiger partial charge in [0.15, 0.2) is 0 Å². The zero-order valence-electron chi connectivity index (χ0n) is 8.00. The Kier molecular flexibility index (Phi) is 3.21. The SMILES string of the molecule is Bc1ccc(OCC(C)C)cc1. The van der Waals surface area contributed by atoms with Crippen molar-refractivity contribution in [3.63, 3.8) is 0 Å². The van der Waals surface area contributed by atoms with Gasteiger partial charge in [0.2, 0.25) is 0 Å². The molecule has 0 N–H and O–H groups in total. The summed E-state index contributed by atoms with van der Waals surface area (Å²) in [6, 6.07) is 8.15. The van der Waals surface area contributed by atoms with Crippen molar-refractivity contribution in [1.82, 2.24) is 0 Å². The Morgan fingerprint density at radius 2 is 1.83 bits per heavy atom. The molecule has 0 aliphatic rings. The summed E-state index contributed by atoms with van der Waals surface area (Å²) < 4.78 is 5.52. The van der Waals surface area contributed by atoms with Gasteiger partial charge in [0, 0.05) is 0 Å². The summed E-state index contributed by atoms with van der Waals surface area (Å²) in [5.74, 6) is 1.56. The van der Waals surface area contributed by atoms with Crippen molar-refractivity contribution in [2.45, 2.75) is 13.8 Å². The molecule has 0 unspecified atom stereocenters. The van der Waals surface area contributed by atoms with Gasteiger partial charge in [-0.25, -0.2) is 0 Å². The van der Waals surface area contributed by atoms with Gasteiger partial charge in [-0.2, -0.15) is 0 Å². The first-order chi connectivity index (χ1) is 5.68. The molecule has 0 bridgehead atoms. The topological polar surface area (TPSA) is 9.23 Å². The Labute approximate surface area is 75.2 Å². The third-order valence-corrected chi connectivity index (χ3v) is 1.60. The second kappa shape index (κ2) is 4.20. The average molecular weight is 162 g/mol. The number of hydrogen-bond acceptors (Lipinski definition) is 1. The Balaban J connectivity index is 2.48. The molecule has 0 aliphatic carbocycles. The molecule has 0 aliphatic heterocycles. The molecule has 1 aromatic carbocycles. The molecule has 0 saturated heterocycles. The first-order valence-electron chi connectivity index (χ1n) is 4.38. The first-order valence-corrected chi connectivity index (χ1v) is 4.38. The largest absolute Gasteiger partial charge is 0.493 e. The van der Waals surface area contributed by atoms with Crippen LogP contribution in [0.5, 0.6) is 5.75 Å². The van der Waals surface area contributed by atoms with E-state index in [1.165, 1.54) is 5.46 Å². The highest BCUT2D eigenvalue weighted by Gasteiger charge is 1.95. The van der Waals surface area contributed by atoms with E-state index in [1.807, 2.05) is 12.1 Å². The lowest BCUT2D eigenvalue weighted by Gasteiger charge is -2.08. The molecule has 0 heterocycles. The molecule has 0 aromatic heterocycles. The molecular weight excluding hydrogens is 147 g/mol. The molecule has 0 atom stereocenters. The monoisotopic (exact) mass is 162 g/mol. The smallest absolute Gasteiger partial charge is 0.139 e. The molecule has 1 nitrogen and oxygen atoms in total. The van der Waals surface area contributed by atoms with E-state index >= 15 is 0 Å². The predicted molar refractivity (Wildman–Crippen MR) is 55.0 cm³/mol. The summed E-state index contributed by atoms with van der Waals surface area (Å²) in [5, 5.41) is 0. The maximum absolute atomic E-state index is 5.52. The van der Waals surface area contributed by atoms with Gasteiger partial charge in [-0.15, -0.1) is 0 Å². The quantitative estimate of drug-likeness (QED) is 0.602. The zero-order valence-corrected chi connectivity index (χ0v) is 8.00. The molecule has 1 rings (SSSR count). The molecule has 0 radical (unpaired) electrons. The summed E-state index contributed by atoms with van der Waals surface area (Å²) in [4.78, 5) is 0. The van der Waals surface area contributed by atoms with Crippen molar-refractivity contribution in [2.75, 3.05) is 6.61 Å². The minimum absolute atomic E-state index is 0.589. The van der Waals surface area contributed by atoms with Crippen LogP contribution >= 0.6 is 0 Å². The second-order valence-corrected chi connectivity index (χ2v) is 3.52. The van der Waals surface area contributed by atoms with Gasteiger partial charge in [0.1, 0.15) is 13.6 Å². The highest BCUT2D eigenvalue weighted by atomic mass is 16.5.